The number of rotatable bonds is 6. The highest BCUT2D eigenvalue weighted by molar-refractivity contribution is 6.30. The first-order valence-corrected chi connectivity index (χ1v) is 8.94. The Morgan fingerprint density at radius 1 is 1.04 bits per heavy atom. The zero-order valence-electron chi connectivity index (χ0n) is 15.4. The molecule has 0 unspecified atom stereocenters. The minimum atomic E-state index is -0.0504. The van der Waals surface area contributed by atoms with Gasteiger partial charge in [-0.1, -0.05) is 35.9 Å². The van der Waals surface area contributed by atoms with E-state index in [1.54, 1.807) is 7.05 Å². The first-order valence-electron chi connectivity index (χ1n) is 8.57. The van der Waals surface area contributed by atoms with Gasteiger partial charge in [0.1, 0.15) is 0 Å². The van der Waals surface area contributed by atoms with E-state index in [1.807, 2.05) is 67.4 Å². The number of aliphatic imine (C=N–C) groups is 1. The average Bonchev–Trinajstić information content (AvgIpc) is 2.65. The number of amides is 1. The van der Waals surface area contributed by atoms with Crippen LogP contribution in [-0.2, 0) is 13.1 Å². The highest BCUT2D eigenvalue weighted by Crippen LogP contribution is 2.11. The molecule has 0 fully saturated rings. The molecule has 0 aromatic heterocycles. The molecule has 0 aliphatic carbocycles. The molecule has 0 saturated carbocycles. The maximum atomic E-state index is 11.8. The molecular formula is C20H25ClN4O. The fourth-order valence-corrected chi connectivity index (χ4v) is 2.67. The van der Waals surface area contributed by atoms with Crippen molar-refractivity contribution >= 4 is 23.5 Å². The van der Waals surface area contributed by atoms with E-state index in [1.165, 1.54) is 0 Å². The standard InChI is InChI=1S/C20H25ClN4O/c1-4-23-19(26)17-9-5-15(6-10-17)13-24-20(22-2)25(3)14-16-7-11-18(21)12-8-16/h5-12H,4,13-14H2,1-3H3,(H,22,24)(H,23,26). The predicted molar refractivity (Wildman–Crippen MR) is 108 cm³/mol. The maximum Gasteiger partial charge on any atom is 0.251 e. The van der Waals surface area contributed by atoms with E-state index in [2.05, 4.69) is 15.6 Å². The Labute approximate surface area is 160 Å². The molecule has 1 amide bonds. The van der Waals surface area contributed by atoms with E-state index in [-0.39, 0.29) is 5.91 Å². The summed E-state index contributed by atoms with van der Waals surface area (Å²) in [7, 11) is 3.75. The molecule has 0 atom stereocenters. The summed E-state index contributed by atoms with van der Waals surface area (Å²) in [4.78, 5) is 18.2. The number of halogens is 1. The highest BCUT2D eigenvalue weighted by atomic mass is 35.5. The van der Waals surface area contributed by atoms with Crippen molar-refractivity contribution in [2.75, 3.05) is 20.6 Å². The number of carbonyl (C=O) groups excluding carboxylic acids is 1. The van der Waals surface area contributed by atoms with Gasteiger partial charge in [-0.2, -0.15) is 0 Å². The number of nitrogens with zero attached hydrogens (tertiary/aromatic N) is 2. The first-order chi connectivity index (χ1) is 12.5. The van der Waals surface area contributed by atoms with Gasteiger partial charge in [0.25, 0.3) is 5.91 Å². The lowest BCUT2D eigenvalue weighted by Crippen LogP contribution is -2.38. The molecule has 0 aliphatic rings. The number of guanidine groups is 1. The van der Waals surface area contributed by atoms with Crippen LogP contribution in [0.5, 0.6) is 0 Å². The van der Waals surface area contributed by atoms with Crippen LogP contribution in [0.4, 0.5) is 0 Å². The number of benzene rings is 2. The summed E-state index contributed by atoms with van der Waals surface area (Å²) < 4.78 is 0. The minimum Gasteiger partial charge on any atom is -0.352 e. The predicted octanol–water partition coefficient (Wildman–Crippen LogP) is 3.30. The van der Waals surface area contributed by atoms with Crippen LogP contribution in [0.25, 0.3) is 0 Å². The molecule has 2 rings (SSSR count). The Morgan fingerprint density at radius 3 is 2.23 bits per heavy atom. The SMILES string of the molecule is CCNC(=O)c1ccc(CNC(=NC)N(C)Cc2ccc(Cl)cc2)cc1. The summed E-state index contributed by atoms with van der Waals surface area (Å²) in [6.07, 6.45) is 0. The lowest BCUT2D eigenvalue weighted by molar-refractivity contribution is 0.0956. The third-order valence-electron chi connectivity index (χ3n) is 3.91. The Morgan fingerprint density at radius 2 is 1.65 bits per heavy atom. The molecule has 2 aromatic carbocycles. The molecule has 5 nitrogen and oxygen atoms in total. The quantitative estimate of drug-likeness (QED) is 0.604. The summed E-state index contributed by atoms with van der Waals surface area (Å²) in [5.41, 5.74) is 2.91. The van der Waals surface area contributed by atoms with Crippen molar-refractivity contribution in [3.63, 3.8) is 0 Å². The minimum absolute atomic E-state index is 0.0504. The summed E-state index contributed by atoms with van der Waals surface area (Å²) in [5, 5.41) is 6.87. The van der Waals surface area contributed by atoms with Crippen LogP contribution in [0.2, 0.25) is 5.02 Å². The van der Waals surface area contributed by atoms with Crippen LogP contribution in [0, 0.1) is 0 Å². The van der Waals surface area contributed by atoms with Gasteiger partial charge in [0.2, 0.25) is 0 Å². The van der Waals surface area contributed by atoms with Crippen LogP contribution < -0.4 is 10.6 Å². The van der Waals surface area contributed by atoms with Crippen LogP contribution in [0.3, 0.4) is 0 Å². The second-order valence-corrected chi connectivity index (χ2v) is 6.38. The van der Waals surface area contributed by atoms with Gasteiger partial charge in [0.05, 0.1) is 0 Å². The Hall–Kier alpha value is -2.53. The molecule has 0 heterocycles. The van der Waals surface area contributed by atoms with Crippen LogP contribution >= 0.6 is 11.6 Å². The van der Waals surface area contributed by atoms with Gasteiger partial charge in [0, 0.05) is 44.3 Å². The summed E-state index contributed by atoms with van der Waals surface area (Å²) >= 11 is 5.93. The molecule has 2 N–H and O–H groups in total. The normalized spacial score (nSPS) is 11.2. The van der Waals surface area contributed by atoms with E-state index >= 15 is 0 Å². The number of hydrogen-bond acceptors (Lipinski definition) is 2. The van der Waals surface area contributed by atoms with E-state index in [0.29, 0.717) is 18.7 Å². The van der Waals surface area contributed by atoms with E-state index in [9.17, 15) is 4.79 Å². The molecular weight excluding hydrogens is 348 g/mol. The fraction of sp³-hybridized carbons (Fsp3) is 0.300. The molecule has 6 heteroatoms. The number of hydrogen-bond donors (Lipinski definition) is 2. The van der Waals surface area contributed by atoms with Gasteiger partial charge in [-0.25, -0.2) is 0 Å². The monoisotopic (exact) mass is 372 g/mol. The zero-order valence-corrected chi connectivity index (χ0v) is 16.2. The van der Waals surface area contributed by atoms with Crippen molar-refractivity contribution < 1.29 is 4.79 Å². The van der Waals surface area contributed by atoms with Gasteiger partial charge < -0.3 is 15.5 Å². The van der Waals surface area contributed by atoms with Crippen molar-refractivity contribution in [3.8, 4) is 0 Å². The topological polar surface area (TPSA) is 56.7 Å². The van der Waals surface area contributed by atoms with Crippen LogP contribution in [0.1, 0.15) is 28.4 Å². The van der Waals surface area contributed by atoms with Gasteiger partial charge in [-0.3, -0.25) is 9.79 Å². The van der Waals surface area contributed by atoms with Crippen molar-refractivity contribution in [3.05, 3.63) is 70.2 Å². The molecule has 0 saturated heterocycles. The molecule has 0 spiro atoms. The Balaban J connectivity index is 1.91. The summed E-state index contributed by atoms with van der Waals surface area (Å²) in [6, 6.07) is 15.4. The number of carbonyl (C=O) groups is 1. The first kappa shape index (κ1) is 19.8. The van der Waals surface area contributed by atoms with E-state index in [4.69, 9.17) is 11.6 Å². The van der Waals surface area contributed by atoms with Gasteiger partial charge in [-0.05, 0) is 42.3 Å². The number of nitrogens with one attached hydrogen (secondary N) is 2. The molecule has 138 valence electrons. The maximum absolute atomic E-state index is 11.8. The molecule has 2 aromatic rings. The molecule has 0 aliphatic heterocycles. The van der Waals surface area contributed by atoms with E-state index in [0.717, 1.165) is 28.7 Å². The van der Waals surface area contributed by atoms with Crippen molar-refractivity contribution in [1.82, 2.24) is 15.5 Å². The van der Waals surface area contributed by atoms with Crippen LogP contribution in [0.15, 0.2) is 53.5 Å². The van der Waals surface area contributed by atoms with Gasteiger partial charge >= 0.3 is 0 Å². The Bertz CT molecular complexity index is 741. The van der Waals surface area contributed by atoms with Crippen molar-refractivity contribution in [2.24, 2.45) is 4.99 Å². The summed E-state index contributed by atoms with van der Waals surface area (Å²) in [5.74, 6) is 0.748. The lowest BCUT2D eigenvalue weighted by atomic mass is 10.1. The van der Waals surface area contributed by atoms with Gasteiger partial charge in [-0.15, -0.1) is 0 Å². The highest BCUT2D eigenvalue weighted by Gasteiger charge is 2.08. The summed E-state index contributed by atoms with van der Waals surface area (Å²) in [6.45, 7) is 3.89. The van der Waals surface area contributed by atoms with Crippen molar-refractivity contribution in [2.45, 2.75) is 20.0 Å². The molecule has 0 bridgehead atoms. The van der Waals surface area contributed by atoms with Crippen LogP contribution in [-0.4, -0.2) is 37.4 Å². The van der Waals surface area contributed by atoms with Gasteiger partial charge in [0.15, 0.2) is 5.96 Å². The molecule has 0 radical (unpaired) electrons. The average molecular weight is 373 g/mol. The third kappa shape index (κ3) is 5.77. The zero-order chi connectivity index (χ0) is 18.9. The van der Waals surface area contributed by atoms with E-state index < -0.39 is 0 Å². The largest absolute Gasteiger partial charge is 0.352 e. The fourth-order valence-electron chi connectivity index (χ4n) is 2.54. The lowest BCUT2D eigenvalue weighted by Gasteiger charge is -2.22. The second kappa shape index (κ2) is 9.82. The smallest absolute Gasteiger partial charge is 0.251 e. The second-order valence-electron chi connectivity index (χ2n) is 5.94. The Kier molecular flexibility index (Phi) is 7.48. The third-order valence-corrected chi connectivity index (χ3v) is 4.16. The molecule has 26 heavy (non-hydrogen) atoms. The van der Waals surface area contributed by atoms with Crippen molar-refractivity contribution in [1.29, 1.82) is 0 Å².